The molecule has 0 saturated carbocycles. The molecule has 0 aliphatic rings. The zero-order chi connectivity index (χ0) is 14.7. The molecule has 0 heterocycles. The molecule has 0 amide bonds. The van der Waals surface area contributed by atoms with Crippen LogP contribution >= 0.6 is 22.6 Å². The van der Waals surface area contributed by atoms with E-state index in [9.17, 15) is 14.5 Å². The Labute approximate surface area is 129 Å². The van der Waals surface area contributed by atoms with Gasteiger partial charge >= 0.3 is 0 Å². The first-order valence-electron chi connectivity index (χ1n) is 5.94. The Balaban J connectivity index is 2.31. The van der Waals surface area contributed by atoms with Crippen LogP contribution in [0.15, 0.2) is 42.5 Å². The average Bonchev–Trinajstić information content (AvgIpc) is 2.41. The van der Waals surface area contributed by atoms with Gasteiger partial charge in [-0.3, -0.25) is 10.1 Å². The molecular weight excluding hydrogens is 374 g/mol. The monoisotopic (exact) mass is 386 g/mol. The highest BCUT2D eigenvalue weighted by Crippen LogP contribution is 2.30. The number of rotatable bonds is 4. The summed E-state index contributed by atoms with van der Waals surface area (Å²) in [7, 11) is 0. The van der Waals surface area contributed by atoms with E-state index in [1.807, 2.05) is 22.6 Å². The molecule has 1 unspecified atom stereocenters. The second kappa shape index (κ2) is 6.17. The Morgan fingerprint density at radius 2 is 2.00 bits per heavy atom. The summed E-state index contributed by atoms with van der Waals surface area (Å²) < 4.78 is 14.5. The summed E-state index contributed by atoms with van der Waals surface area (Å²) in [5, 5.41) is 14.0. The minimum atomic E-state index is -0.446. The lowest BCUT2D eigenvalue weighted by atomic mass is 10.1. The smallest absolute Gasteiger partial charge is 0.293 e. The molecule has 1 atom stereocenters. The molecule has 104 valence electrons. The maximum atomic E-state index is 13.7. The highest BCUT2D eigenvalue weighted by molar-refractivity contribution is 14.1. The third-order valence-corrected chi connectivity index (χ3v) is 3.57. The molecular formula is C14H12FIN2O2. The van der Waals surface area contributed by atoms with Crippen molar-refractivity contribution in [2.24, 2.45) is 0 Å². The first-order valence-corrected chi connectivity index (χ1v) is 7.02. The Morgan fingerprint density at radius 3 is 2.65 bits per heavy atom. The molecule has 0 saturated heterocycles. The summed E-state index contributed by atoms with van der Waals surface area (Å²) in [4.78, 5) is 10.6. The molecule has 0 aliphatic carbocycles. The lowest BCUT2D eigenvalue weighted by molar-refractivity contribution is -0.384. The van der Waals surface area contributed by atoms with Crippen molar-refractivity contribution in [2.75, 3.05) is 5.32 Å². The van der Waals surface area contributed by atoms with Crippen molar-refractivity contribution in [1.29, 1.82) is 0 Å². The largest absolute Gasteiger partial charge is 0.373 e. The fourth-order valence-corrected chi connectivity index (χ4v) is 2.39. The summed E-state index contributed by atoms with van der Waals surface area (Å²) in [5.74, 6) is -0.333. The molecule has 0 bridgehead atoms. The Bertz CT molecular complexity index is 649. The van der Waals surface area contributed by atoms with Crippen LogP contribution in [0.4, 0.5) is 15.8 Å². The number of nitrogens with one attached hydrogen (secondary N) is 1. The third-order valence-electron chi connectivity index (χ3n) is 2.90. The van der Waals surface area contributed by atoms with Crippen LogP contribution in [0.3, 0.4) is 0 Å². The highest BCUT2D eigenvalue weighted by atomic mass is 127. The molecule has 0 aromatic heterocycles. The van der Waals surface area contributed by atoms with E-state index in [0.717, 1.165) is 3.57 Å². The van der Waals surface area contributed by atoms with Gasteiger partial charge in [0.1, 0.15) is 11.5 Å². The van der Waals surface area contributed by atoms with Crippen LogP contribution in [0, 0.1) is 19.5 Å². The minimum absolute atomic E-state index is 0.0138. The molecule has 20 heavy (non-hydrogen) atoms. The number of nitrogens with zero attached hydrogens (tertiary/aromatic N) is 1. The van der Waals surface area contributed by atoms with Crippen molar-refractivity contribution in [2.45, 2.75) is 13.0 Å². The molecule has 0 spiro atoms. The maximum absolute atomic E-state index is 13.7. The van der Waals surface area contributed by atoms with E-state index >= 15 is 0 Å². The van der Waals surface area contributed by atoms with Gasteiger partial charge < -0.3 is 5.32 Å². The van der Waals surface area contributed by atoms with Gasteiger partial charge in [-0.1, -0.05) is 18.2 Å². The summed E-state index contributed by atoms with van der Waals surface area (Å²) >= 11 is 2.01. The van der Waals surface area contributed by atoms with E-state index < -0.39 is 4.92 Å². The van der Waals surface area contributed by atoms with E-state index in [2.05, 4.69) is 5.32 Å². The third kappa shape index (κ3) is 3.24. The zero-order valence-corrected chi connectivity index (χ0v) is 12.8. The van der Waals surface area contributed by atoms with Crippen molar-refractivity contribution in [3.05, 3.63) is 67.5 Å². The van der Waals surface area contributed by atoms with Crippen molar-refractivity contribution < 1.29 is 9.31 Å². The van der Waals surface area contributed by atoms with Crippen molar-refractivity contribution in [1.82, 2.24) is 0 Å². The van der Waals surface area contributed by atoms with Gasteiger partial charge in [-0.05, 0) is 47.7 Å². The summed E-state index contributed by atoms with van der Waals surface area (Å²) in [6.07, 6.45) is 0. The molecule has 2 rings (SSSR count). The fraction of sp³-hybridized carbons (Fsp3) is 0.143. The lowest BCUT2D eigenvalue weighted by Crippen LogP contribution is -2.10. The van der Waals surface area contributed by atoms with E-state index in [0.29, 0.717) is 11.3 Å². The Kier molecular flexibility index (Phi) is 4.53. The summed E-state index contributed by atoms with van der Waals surface area (Å²) in [6.45, 7) is 1.76. The number of hydrogen-bond donors (Lipinski definition) is 1. The first kappa shape index (κ1) is 14.7. The van der Waals surface area contributed by atoms with E-state index in [1.165, 1.54) is 12.1 Å². The van der Waals surface area contributed by atoms with Gasteiger partial charge in [-0.25, -0.2) is 4.39 Å². The Morgan fingerprint density at radius 1 is 1.30 bits per heavy atom. The van der Waals surface area contributed by atoms with Gasteiger partial charge in [-0.2, -0.15) is 0 Å². The average molecular weight is 386 g/mol. The van der Waals surface area contributed by atoms with Gasteiger partial charge in [0.2, 0.25) is 0 Å². The maximum Gasteiger partial charge on any atom is 0.293 e. The quantitative estimate of drug-likeness (QED) is 0.478. The number of hydrogen-bond acceptors (Lipinski definition) is 3. The van der Waals surface area contributed by atoms with Crippen LogP contribution in [0.25, 0.3) is 0 Å². The van der Waals surface area contributed by atoms with Gasteiger partial charge in [0, 0.05) is 15.2 Å². The van der Waals surface area contributed by atoms with Crippen molar-refractivity contribution >= 4 is 34.0 Å². The van der Waals surface area contributed by atoms with Gasteiger partial charge in [0.25, 0.3) is 5.69 Å². The van der Waals surface area contributed by atoms with Crippen LogP contribution < -0.4 is 5.32 Å². The highest BCUT2D eigenvalue weighted by Gasteiger charge is 2.17. The predicted molar refractivity (Wildman–Crippen MR) is 84.3 cm³/mol. The van der Waals surface area contributed by atoms with E-state index in [1.54, 1.807) is 37.3 Å². The SMILES string of the molecule is CC(Nc1ccc(I)cc1[N+](=O)[O-])c1ccccc1F. The lowest BCUT2D eigenvalue weighted by Gasteiger charge is -2.16. The molecule has 0 radical (unpaired) electrons. The fourth-order valence-electron chi connectivity index (χ4n) is 1.92. The van der Waals surface area contributed by atoms with Crippen LogP contribution in [-0.2, 0) is 0 Å². The number of nitro groups is 1. The molecule has 2 aromatic rings. The number of halogens is 2. The van der Waals surface area contributed by atoms with Gasteiger partial charge in [0.15, 0.2) is 0 Å². The number of benzene rings is 2. The predicted octanol–water partition coefficient (Wildman–Crippen LogP) is 4.51. The minimum Gasteiger partial charge on any atom is -0.373 e. The standard InChI is InChI=1S/C14H12FIN2O2/c1-9(11-4-2-3-5-12(11)15)17-13-7-6-10(16)8-14(13)18(19)20/h2-9,17H,1H3. The molecule has 2 aromatic carbocycles. The summed E-state index contributed by atoms with van der Waals surface area (Å²) in [6, 6.07) is 10.9. The Hall–Kier alpha value is -1.70. The molecule has 6 heteroatoms. The van der Waals surface area contributed by atoms with Crippen LogP contribution in [0.2, 0.25) is 0 Å². The first-order chi connectivity index (χ1) is 9.49. The second-order valence-corrected chi connectivity index (χ2v) is 5.55. The topological polar surface area (TPSA) is 55.2 Å². The number of nitro benzene ring substituents is 1. The van der Waals surface area contributed by atoms with Gasteiger partial charge in [-0.15, -0.1) is 0 Å². The van der Waals surface area contributed by atoms with E-state index in [-0.39, 0.29) is 17.5 Å². The van der Waals surface area contributed by atoms with Crippen LogP contribution in [0.5, 0.6) is 0 Å². The molecule has 1 N–H and O–H groups in total. The van der Waals surface area contributed by atoms with Crippen LogP contribution in [0.1, 0.15) is 18.5 Å². The normalized spacial score (nSPS) is 11.9. The van der Waals surface area contributed by atoms with Gasteiger partial charge in [0.05, 0.1) is 11.0 Å². The second-order valence-electron chi connectivity index (χ2n) is 4.31. The molecule has 0 aliphatic heterocycles. The van der Waals surface area contributed by atoms with Crippen LogP contribution in [-0.4, -0.2) is 4.92 Å². The molecule has 0 fully saturated rings. The van der Waals surface area contributed by atoms with E-state index in [4.69, 9.17) is 0 Å². The molecule has 4 nitrogen and oxygen atoms in total. The van der Waals surface area contributed by atoms with Crippen molar-refractivity contribution in [3.63, 3.8) is 0 Å². The number of anilines is 1. The zero-order valence-electron chi connectivity index (χ0n) is 10.6. The van der Waals surface area contributed by atoms with Crippen molar-refractivity contribution in [3.8, 4) is 0 Å². The summed E-state index contributed by atoms with van der Waals surface area (Å²) in [5.41, 5.74) is 0.839.